The van der Waals surface area contributed by atoms with Crippen molar-refractivity contribution in [3.8, 4) is 0 Å². The molecular formula is C10H22N4O2. The first-order chi connectivity index (χ1) is 7.67. The first-order valence-electron chi connectivity index (χ1n) is 5.75. The number of likely N-dealkylation sites (N-methyl/N-ethyl adjacent to an activating group) is 1. The molecule has 1 aliphatic heterocycles. The van der Waals surface area contributed by atoms with Gasteiger partial charge in [0.15, 0.2) is 0 Å². The molecule has 1 rings (SSSR count). The summed E-state index contributed by atoms with van der Waals surface area (Å²) in [5, 5.41) is 0. The SMILES string of the molecule is CCC1CN(CCC(=O)ONN)CCN1C. The van der Waals surface area contributed by atoms with Gasteiger partial charge >= 0.3 is 5.97 Å². The van der Waals surface area contributed by atoms with Gasteiger partial charge in [-0.3, -0.25) is 9.69 Å². The topological polar surface area (TPSA) is 70.8 Å². The average Bonchev–Trinajstić information content (AvgIpc) is 2.28. The Bertz CT molecular complexity index is 225. The van der Waals surface area contributed by atoms with Crippen LogP contribution >= 0.6 is 0 Å². The standard InChI is InChI=1S/C10H22N4O2/c1-3-9-8-14(7-6-13(9)2)5-4-10(15)16-12-11/h9,12H,3-8,11H2,1-2H3. The Morgan fingerprint density at radius 3 is 2.94 bits per heavy atom. The van der Waals surface area contributed by atoms with Crippen molar-refractivity contribution < 1.29 is 9.63 Å². The first kappa shape index (κ1) is 13.4. The molecule has 1 atom stereocenters. The molecule has 0 spiro atoms. The summed E-state index contributed by atoms with van der Waals surface area (Å²) in [4.78, 5) is 20.2. The zero-order valence-corrected chi connectivity index (χ0v) is 10.1. The molecule has 0 bridgehead atoms. The van der Waals surface area contributed by atoms with Gasteiger partial charge < -0.3 is 9.74 Å². The minimum atomic E-state index is -0.311. The Hall–Kier alpha value is -0.690. The summed E-state index contributed by atoms with van der Waals surface area (Å²) in [6.45, 7) is 6.03. The molecule has 1 saturated heterocycles. The van der Waals surface area contributed by atoms with Gasteiger partial charge in [-0.1, -0.05) is 12.5 Å². The van der Waals surface area contributed by atoms with Gasteiger partial charge in [0.25, 0.3) is 0 Å². The number of nitrogens with zero attached hydrogens (tertiary/aromatic N) is 2. The van der Waals surface area contributed by atoms with E-state index in [2.05, 4.69) is 28.6 Å². The van der Waals surface area contributed by atoms with Crippen LogP contribution in [0.15, 0.2) is 0 Å². The van der Waals surface area contributed by atoms with E-state index in [0.717, 1.165) is 32.6 Å². The Morgan fingerprint density at radius 2 is 2.31 bits per heavy atom. The predicted molar refractivity (Wildman–Crippen MR) is 61.2 cm³/mol. The van der Waals surface area contributed by atoms with E-state index in [1.165, 1.54) is 0 Å². The second kappa shape index (κ2) is 6.80. The van der Waals surface area contributed by atoms with Crippen LogP contribution in [-0.2, 0) is 9.63 Å². The summed E-state index contributed by atoms with van der Waals surface area (Å²) in [6.07, 6.45) is 1.52. The number of rotatable bonds is 5. The maximum Gasteiger partial charge on any atom is 0.327 e. The highest BCUT2D eigenvalue weighted by atomic mass is 16.7. The minimum Gasteiger partial charge on any atom is -0.356 e. The fourth-order valence-corrected chi connectivity index (χ4v) is 2.02. The highest BCUT2D eigenvalue weighted by molar-refractivity contribution is 5.69. The third-order valence-electron chi connectivity index (χ3n) is 3.14. The van der Waals surface area contributed by atoms with Crippen LogP contribution in [0.5, 0.6) is 0 Å². The van der Waals surface area contributed by atoms with Crippen LogP contribution in [0.2, 0.25) is 0 Å². The lowest BCUT2D eigenvalue weighted by Gasteiger charge is -2.38. The lowest BCUT2D eigenvalue weighted by atomic mass is 10.1. The molecule has 0 aromatic carbocycles. The summed E-state index contributed by atoms with van der Waals surface area (Å²) in [7, 11) is 2.15. The summed E-state index contributed by atoms with van der Waals surface area (Å²) in [5.41, 5.74) is 1.91. The van der Waals surface area contributed by atoms with E-state index in [4.69, 9.17) is 5.84 Å². The third-order valence-corrected chi connectivity index (χ3v) is 3.14. The van der Waals surface area contributed by atoms with Crippen LogP contribution in [-0.4, -0.2) is 55.0 Å². The van der Waals surface area contributed by atoms with Crippen molar-refractivity contribution in [1.29, 1.82) is 0 Å². The highest BCUT2D eigenvalue weighted by Gasteiger charge is 2.22. The average molecular weight is 230 g/mol. The normalized spacial score (nSPS) is 23.3. The summed E-state index contributed by atoms with van der Waals surface area (Å²) in [5.74, 6) is 4.58. The molecule has 0 saturated carbocycles. The number of nitrogens with one attached hydrogen (secondary N) is 1. The van der Waals surface area contributed by atoms with E-state index in [1.807, 2.05) is 5.59 Å². The lowest BCUT2D eigenvalue weighted by Crippen LogP contribution is -2.51. The summed E-state index contributed by atoms with van der Waals surface area (Å²) < 4.78 is 0. The van der Waals surface area contributed by atoms with Gasteiger partial charge in [-0.05, 0) is 13.5 Å². The van der Waals surface area contributed by atoms with E-state index in [9.17, 15) is 4.79 Å². The highest BCUT2D eigenvalue weighted by Crippen LogP contribution is 2.10. The number of carbonyl (C=O) groups is 1. The molecule has 1 heterocycles. The summed E-state index contributed by atoms with van der Waals surface area (Å²) >= 11 is 0. The van der Waals surface area contributed by atoms with E-state index in [-0.39, 0.29) is 5.97 Å². The lowest BCUT2D eigenvalue weighted by molar-refractivity contribution is -0.151. The molecule has 0 radical (unpaired) electrons. The maximum absolute atomic E-state index is 11.1. The third kappa shape index (κ3) is 4.05. The van der Waals surface area contributed by atoms with E-state index < -0.39 is 0 Å². The van der Waals surface area contributed by atoms with E-state index in [1.54, 1.807) is 0 Å². The molecule has 0 aromatic rings. The molecule has 6 heteroatoms. The molecule has 6 nitrogen and oxygen atoms in total. The second-order valence-electron chi connectivity index (χ2n) is 4.19. The molecule has 3 N–H and O–H groups in total. The molecular weight excluding hydrogens is 208 g/mol. The van der Waals surface area contributed by atoms with E-state index in [0.29, 0.717) is 12.5 Å². The van der Waals surface area contributed by atoms with Gasteiger partial charge in [0.05, 0.1) is 6.42 Å². The van der Waals surface area contributed by atoms with Crippen molar-refractivity contribution >= 4 is 5.97 Å². The number of hydrazine groups is 1. The summed E-state index contributed by atoms with van der Waals surface area (Å²) in [6, 6.07) is 0.595. The molecule has 0 amide bonds. The Labute approximate surface area is 96.6 Å². The number of hydrogen-bond acceptors (Lipinski definition) is 6. The molecule has 1 unspecified atom stereocenters. The fraction of sp³-hybridized carbons (Fsp3) is 0.900. The van der Waals surface area contributed by atoms with Crippen molar-refractivity contribution in [3.63, 3.8) is 0 Å². The Balaban J connectivity index is 2.25. The largest absolute Gasteiger partial charge is 0.356 e. The molecule has 0 aromatic heterocycles. The van der Waals surface area contributed by atoms with Gasteiger partial charge in [0.1, 0.15) is 0 Å². The molecule has 0 aliphatic carbocycles. The van der Waals surface area contributed by atoms with Gasteiger partial charge in [-0.2, -0.15) is 0 Å². The number of carbonyl (C=O) groups excluding carboxylic acids is 1. The second-order valence-corrected chi connectivity index (χ2v) is 4.19. The number of hydrogen-bond donors (Lipinski definition) is 2. The van der Waals surface area contributed by atoms with Gasteiger partial charge in [0.2, 0.25) is 0 Å². The quantitative estimate of drug-likeness (QED) is 0.482. The van der Waals surface area contributed by atoms with Gasteiger partial charge in [-0.25, -0.2) is 5.84 Å². The van der Waals surface area contributed by atoms with Crippen molar-refractivity contribution in [1.82, 2.24) is 15.4 Å². The minimum absolute atomic E-state index is 0.311. The van der Waals surface area contributed by atoms with Crippen LogP contribution in [0.25, 0.3) is 0 Å². The van der Waals surface area contributed by atoms with Crippen LogP contribution in [0.3, 0.4) is 0 Å². The van der Waals surface area contributed by atoms with Crippen LogP contribution in [0.4, 0.5) is 0 Å². The van der Waals surface area contributed by atoms with Gasteiger partial charge in [0, 0.05) is 32.2 Å². The van der Waals surface area contributed by atoms with E-state index >= 15 is 0 Å². The van der Waals surface area contributed by atoms with Gasteiger partial charge in [-0.15, -0.1) is 0 Å². The Kier molecular flexibility index (Phi) is 5.68. The maximum atomic E-state index is 11.1. The molecule has 16 heavy (non-hydrogen) atoms. The fourth-order valence-electron chi connectivity index (χ4n) is 2.02. The smallest absolute Gasteiger partial charge is 0.327 e. The number of nitrogens with two attached hydrogens (primary N) is 1. The van der Waals surface area contributed by atoms with Crippen LogP contribution in [0, 0.1) is 0 Å². The zero-order chi connectivity index (χ0) is 12.0. The molecule has 1 fully saturated rings. The monoisotopic (exact) mass is 230 g/mol. The van der Waals surface area contributed by atoms with Crippen molar-refractivity contribution in [3.05, 3.63) is 0 Å². The Morgan fingerprint density at radius 1 is 1.56 bits per heavy atom. The molecule has 1 aliphatic rings. The van der Waals surface area contributed by atoms with Crippen molar-refractivity contribution in [2.24, 2.45) is 5.84 Å². The zero-order valence-electron chi connectivity index (χ0n) is 10.1. The number of piperazine rings is 1. The first-order valence-corrected chi connectivity index (χ1v) is 5.75. The van der Waals surface area contributed by atoms with Crippen LogP contribution < -0.4 is 11.4 Å². The van der Waals surface area contributed by atoms with Crippen molar-refractivity contribution in [2.45, 2.75) is 25.8 Å². The van der Waals surface area contributed by atoms with Crippen molar-refractivity contribution in [2.75, 3.05) is 33.2 Å². The van der Waals surface area contributed by atoms with Crippen LogP contribution in [0.1, 0.15) is 19.8 Å². The molecule has 94 valence electrons. The predicted octanol–water partition coefficient (Wildman–Crippen LogP) is -0.676.